The number of nitrogens with one attached hydrogen (secondary N) is 2. The zero-order valence-electron chi connectivity index (χ0n) is 20.5. The van der Waals surface area contributed by atoms with Gasteiger partial charge in [-0.05, 0) is 74.9 Å². The lowest BCUT2D eigenvalue weighted by Gasteiger charge is -2.36. The van der Waals surface area contributed by atoms with E-state index in [0.717, 1.165) is 10.2 Å². The van der Waals surface area contributed by atoms with Crippen LogP contribution >= 0.6 is 22.9 Å². The third-order valence-corrected chi connectivity index (χ3v) is 8.54. The van der Waals surface area contributed by atoms with E-state index in [-0.39, 0.29) is 16.3 Å². The Balaban J connectivity index is 1.32. The van der Waals surface area contributed by atoms with E-state index in [2.05, 4.69) is 15.6 Å². The average Bonchev–Trinajstić information content (AvgIpc) is 3.57. The fraction of sp³-hybridized carbons (Fsp3) is 0.444. The number of ketones is 1. The van der Waals surface area contributed by atoms with Crippen LogP contribution in [0.4, 0.5) is 19.6 Å². The molecule has 202 valence electrons. The molecule has 0 radical (unpaired) electrons. The van der Waals surface area contributed by atoms with E-state index < -0.39 is 47.9 Å². The number of rotatable bonds is 9. The molecule has 0 spiro atoms. The van der Waals surface area contributed by atoms with Gasteiger partial charge in [-0.25, -0.2) is 13.8 Å². The number of aromatic nitrogens is 1. The number of para-hydroxylation sites is 1. The molecule has 38 heavy (non-hydrogen) atoms. The maximum atomic E-state index is 16.4. The van der Waals surface area contributed by atoms with Crippen molar-refractivity contribution >= 4 is 55.7 Å². The van der Waals surface area contributed by atoms with Crippen LogP contribution in [-0.2, 0) is 20.7 Å². The van der Waals surface area contributed by atoms with Crippen molar-refractivity contribution in [2.45, 2.75) is 62.9 Å². The minimum absolute atomic E-state index is 0.0342. The number of aliphatic carboxylic acids is 1. The predicted octanol–water partition coefficient (Wildman–Crippen LogP) is 6.02. The van der Waals surface area contributed by atoms with Crippen molar-refractivity contribution in [2.24, 2.45) is 5.92 Å². The summed E-state index contributed by atoms with van der Waals surface area (Å²) in [6, 6.07) is 9.23. The topological polar surface area (TPSA) is 101 Å². The lowest BCUT2D eigenvalue weighted by atomic mass is 9.87. The zero-order valence-corrected chi connectivity index (χ0v) is 22.1. The molecule has 2 atom stereocenters. The molecule has 1 aliphatic heterocycles. The van der Waals surface area contributed by atoms with E-state index in [4.69, 9.17) is 16.3 Å². The first-order valence-corrected chi connectivity index (χ1v) is 13.9. The van der Waals surface area contributed by atoms with Gasteiger partial charge in [-0.3, -0.25) is 9.59 Å². The van der Waals surface area contributed by atoms with Crippen LogP contribution in [0.2, 0.25) is 5.02 Å². The van der Waals surface area contributed by atoms with Gasteiger partial charge >= 0.3 is 5.97 Å². The maximum Gasteiger partial charge on any atom is 0.306 e. The van der Waals surface area contributed by atoms with Gasteiger partial charge in [0.05, 0.1) is 39.0 Å². The number of alkyl halides is 1. The van der Waals surface area contributed by atoms with Crippen molar-refractivity contribution in [1.29, 1.82) is 0 Å². The summed E-state index contributed by atoms with van der Waals surface area (Å²) in [6.07, 6.45) is 1.36. The van der Waals surface area contributed by atoms with Crippen LogP contribution in [0.1, 0.15) is 44.1 Å². The molecule has 2 unspecified atom stereocenters. The number of thiazole rings is 1. The number of ether oxygens (including phenoxy) is 1. The number of hydrogen-bond acceptors (Lipinski definition) is 7. The van der Waals surface area contributed by atoms with Gasteiger partial charge in [-0.2, -0.15) is 0 Å². The van der Waals surface area contributed by atoms with Gasteiger partial charge in [0.1, 0.15) is 5.82 Å². The van der Waals surface area contributed by atoms with Gasteiger partial charge < -0.3 is 20.5 Å². The summed E-state index contributed by atoms with van der Waals surface area (Å²) in [5.74, 6) is -5.62. The third-order valence-electron chi connectivity index (χ3n) is 7.27. The fourth-order valence-electron chi connectivity index (χ4n) is 5.17. The summed E-state index contributed by atoms with van der Waals surface area (Å²) in [6.45, 7) is 0.547. The van der Waals surface area contributed by atoms with Gasteiger partial charge in [0, 0.05) is 6.42 Å². The molecule has 1 saturated heterocycles. The van der Waals surface area contributed by atoms with E-state index in [0.29, 0.717) is 50.2 Å². The van der Waals surface area contributed by atoms with Crippen molar-refractivity contribution in [3.8, 4) is 0 Å². The second kappa shape index (κ2) is 11.2. The highest BCUT2D eigenvalue weighted by molar-refractivity contribution is 7.22. The van der Waals surface area contributed by atoms with Crippen LogP contribution in [0.15, 0.2) is 36.4 Å². The Morgan fingerprint density at radius 3 is 2.66 bits per heavy atom. The molecule has 2 aliphatic rings. The van der Waals surface area contributed by atoms with Crippen molar-refractivity contribution in [1.82, 2.24) is 10.3 Å². The van der Waals surface area contributed by atoms with Crippen molar-refractivity contribution < 1.29 is 28.2 Å². The molecule has 1 aliphatic carbocycles. The van der Waals surface area contributed by atoms with Crippen LogP contribution in [0.25, 0.3) is 10.2 Å². The van der Waals surface area contributed by atoms with Crippen LogP contribution < -0.4 is 10.6 Å². The summed E-state index contributed by atoms with van der Waals surface area (Å²) in [7, 11) is 0. The number of hydrogen-bond donors (Lipinski definition) is 3. The molecule has 1 saturated carbocycles. The van der Waals surface area contributed by atoms with Crippen LogP contribution in [0.3, 0.4) is 0 Å². The molecule has 2 aromatic carbocycles. The van der Waals surface area contributed by atoms with Gasteiger partial charge in [-0.1, -0.05) is 35.1 Å². The van der Waals surface area contributed by atoms with Crippen molar-refractivity contribution in [2.75, 3.05) is 11.9 Å². The lowest BCUT2D eigenvalue weighted by molar-refractivity contribution is -0.205. The highest BCUT2D eigenvalue weighted by Gasteiger charge is 2.50. The van der Waals surface area contributed by atoms with Crippen molar-refractivity contribution in [3.05, 3.63) is 52.8 Å². The third kappa shape index (κ3) is 5.68. The molecular weight excluding hydrogens is 536 g/mol. The smallest absolute Gasteiger partial charge is 0.306 e. The van der Waals surface area contributed by atoms with Gasteiger partial charge in [0.2, 0.25) is 5.78 Å². The molecule has 5 rings (SSSR count). The van der Waals surface area contributed by atoms with Gasteiger partial charge in [-0.15, -0.1) is 0 Å². The molecule has 2 fully saturated rings. The van der Waals surface area contributed by atoms with Crippen molar-refractivity contribution in [3.63, 3.8) is 0 Å². The SMILES string of the molecule is O=C(Cc1cc(Cl)c(Nc2nc3ccccc3s2)cc1F)C(F)(O[C@H]1CC[C@H](C(=O)O)CC1)C1CCCN1. The summed E-state index contributed by atoms with van der Waals surface area (Å²) in [5, 5.41) is 16.0. The number of carboxylic acids is 1. The van der Waals surface area contributed by atoms with Gasteiger partial charge in [0.25, 0.3) is 5.85 Å². The Hall–Kier alpha value is -2.66. The summed E-state index contributed by atoms with van der Waals surface area (Å²) >= 11 is 7.81. The second-order valence-corrected chi connectivity index (χ2v) is 11.3. The minimum Gasteiger partial charge on any atom is -0.481 e. The number of fused-ring (bicyclic) bond motifs is 1. The van der Waals surface area contributed by atoms with Gasteiger partial charge in [0.15, 0.2) is 5.13 Å². The summed E-state index contributed by atoms with van der Waals surface area (Å²) in [5.41, 5.74) is 1.05. The summed E-state index contributed by atoms with van der Waals surface area (Å²) in [4.78, 5) is 29.1. The molecule has 3 aromatic rings. The highest BCUT2D eigenvalue weighted by Crippen LogP contribution is 2.36. The fourth-order valence-corrected chi connectivity index (χ4v) is 6.28. The van der Waals surface area contributed by atoms with E-state index in [1.54, 1.807) is 0 Å². The number of carbonyl (C=O) groups is 2. The first kappa shape index (κ1) is 26.9. The molecule has 3 N–H and O–H groups in total. The molecule has 0 amide bonds. The van der Waals surface area contributed by atoms with Crippen LogP contribution in [0, 0.1) is 11.7 Å². The number of anilines is 2. The number of halogens is 3. The largest absolute Gasteiger partial charge is 0.481 e. The Bertz CT molecular complexity index is 1310. The standard InChI is InChI=1S/C27H28ClF2N3O4S/c28-18-12-16(19(29)14-21(18)33-26-32-20-4-1-2-5-22(20)38-26)13-24(34)27(30,23-6-3-11-31-23)37-17-9-7-15(8-10-17)25(35)36/h1-2,4-5,12,14-15,17,23,31H,3,6-11,13H2,(H,32,33)(H,35,36)/t15-,17-,23?,27?. The monoisotopic (exact) mass is 563 g/mol. The van der Waals surface area contributed by atoms with E-state index in [1.807, 2.05) is 24.3 Å². The molecule has 0 bridgehead atoms. The number of Topliss-reactive ketones (excluding diaryl/α,β-unsaturated/α-hetero) is 1. The second-order valence-electron chi connectivity index (χ2n) is 9.86. The molecular formula is C27H28ClF2N3O4S. The minimum atomic E-state index is -2.66. The van der Waals surface area contributed by atoms with E-state index in [9.17, 15) is 14.7 Å². The normalized spacial score (nSPS) is 23.3. The highest BCUT2D eigenvalue weighted by atomic mass is 35.5. The van der Waals surface area contributed by atoms with E-state index in [1.165, 1.54) is 23.5 Å². The molecule has 11 heteroatoms. The Labute approximate surface area is 227 Å². The maximum absolute atomic E-state index is 16.4. The zero-order chi connectivity index (χ0) is 26.9. The Kier molecular flexibility index (Phi) is 7.95. The molecule has 2 heterocycles. The number of nitrogens with zero attached hydrogens (tertiary/aromatic N) is 1. The van der Waals surface area contributed by atoms with Crippen LogP contribution in [0.5, 0.6) is 0 Å². The van der Waals surface area contributed by atoms with E-state index >= 15 is 8.78 Å². The average molecular weight is 564 g/mol. The number of benzene rings is 2. The number of carbonyl (C=O) groups excluding carboxylic acids is 1. The Morgan fingerprint density at radius 1 is 1.21 bits per heavy atom. The summed E-state index contributed by atoms with van der Waals surface area (Å²) < 4.78 is 38.3. The first-order chi connectivity index (χ1) is 18.2. The molecule has 7 nitrogen and oxygen atoms in total. The first-order valence-electron chi connectivity index (χ1n) is 12.7. The number of carboxylic acid groups (broad SMARTS) is 1. The predicted molar refractivity (Wildman–Crippen MR) is 142 cm³/mol. The molecule has 1 aromatic heterocycles. The Morgan fingerprint density at radius 2 is 1.97 bits per heavy atom. The lowest BCUT2D eigenvalue weighted by Crippen LogP contribution is -2.55. The quantitative estimate of drug-likeness (QED) is 0.292. The van der Waals surface area contributed by atoms with Crippen LogP contribution in [-0.4, -0.2) is 46.4 Å².